The summed E-state index contributed by atoms with van der Waals surface area (Å²) in [5, 5.41) is 0. The van der Waals surface area contributed by atoms with Crippen LogP contribution in [0.25, 0.3) is 0 Å². The number of esters is 1. The molecule has 0 N–H and O–H groups in total. The van der Waals surface area contributed by atoms with Crippen molar-refractivity contribution >= 4 is 17.9 Å². The van der Waals surface area contributed by atoms with Gasteiger partial charge < -0.3 is 9.64 Å². The van der Waals surface area contributed by atoms with Gasteiger partial charge in [-0.2, -0.15) is 0 Å². The van der Waals surface area contributed by atoms with Crippen molar-refractivity contribution < 1.29 is 14.3 Å². The molecule has 0 fully saturated rings. The SMILES string of the molecule is COC(=O)c1cc(N(C)C)cc(C=O)n1. The maximum Gasteiger partial charge on any atom is 0.356 e. The van der Waals surface area contributed by atoms with Gasteiger partial charge in [-0.25, -0.2) is 9.78 Å². The van der Waals surface area contributed by atoms with Crippen molar-refractivity contribution in [2.24, 2.45) is 0 Å². The zero-order valence-electron chi connectivity index (χ0n) is 8.85. The van der Waals surface area contributed by atoms with Gasteiger partial charge in [-0.15, -0.1) is 0 Å². The Kier molecular flexibility index (Phi) is 3.38. The summed E-state index contributed by atoms with van der Waals surface area (Å²) in [7, 11) is 4.89. The summed E-state index contributed by atoms with van der Waals surface area (Å²) in [6, 6.07) is 3.16. The monoisotopic (exact) mass is 208 g/mol. The summed E-state index contributed by atoms with van der Waals surface area (Å²) in [6.45, 7) is 0. The summed E-state index contributed by atoms with van der Waals surface area (Å²) in [5.41, 5.74) is 1.07. The van der Waals surface area contributed by atoms with Crippen LogP contribution in [0.4, 0.5) is 5.69 Å². The zero-order valence-corrected chi connectivity index (χ0v) is 8.85. The van der Waals surface area contributed by atoms with Gasteiger partial charge in [0.25, 0.3) is 0 Å². The number of ether oxygens (including phenoxy) is 1. The van der Waals surface area contributed by atoms with Crippen LogP contribution < -0.4 is 4.90 Å². The van der Waals surface area contributed by atoms with E-state index < -0.39 is 5.97 Å². The third kappa shape index (κ3) is 2.52. The van der Waals surface area contributed by atoms with E-state index in [0.717, 1.165) is 5.69 Å². The minimum Gasteiger partial charge on any atom is -0.464 e. The molecule has 0 amide bonds. The van der Waals surface area contributed by atoms with Crippen molar-refractivity contribution in [3.63, 3.8) is 0 Å². The Labute approximate surface area is 87.7 Å². The molecule has 0 saturated heterocycles. The first kappa shape index (κ1) is 11.2. The molecular weight excluding hydrogens is 196 g/mol. The van der Waals surface area contributed by atoms with Gasteiger partial charge >= 0.3 is 5.97 Å². The first-order chi connectivity index (χ1) is 7.08. The van der Waals surface area contributed by atoms with E-state index in [-0.39, 0.29) is 11.4 Å². The summed E-state index contributed by atoms with van der Waals surface area (Å²) in [6.07, 6.45) is 0.597. The van der Waals surface area contributed by atoms with Crippen molar-refractivity contribution in [3.8, 4) is 0 Å². The Morgan fingerprint density at radius 2 is 2.13 bits per heavy atom. The van der Waals surface area contributed by atoms with Crippen molar-refractivity contribution in [2.75, 3.05) is 26.1 Å². The average molecular weight is 208 g/mol. The molecule has 0 radical (unpaired) electrons. The van der Waals surface area contributed by atoms with E-state index >= 15 is 0 Å². The molecule has 1 rings (SSSR count). The number of carbonyl (C=O) groups is 2. The topological polar surface area (TPSA) is 59.5 Å². The standard InChI is InChI=1S/C10H12N2O3/c1-12(2)8-4-7(6-13)11-9(5-8)10(14)15-3/h4-6H,1-3H3. The molecule has 0 aliphatic heterocycles. The van der Waals surface area contributed by atoms with Crippen LogP contribution in [0.1, 0.15) is 21.0 Å². The van der Waals surface area contributed by atoms with E-state index in [9.17, 15) is 9.59 Å². The lowest BCUT2D eigenvalue weighted by Crippen LogP contribution is -2.13. The van der Waals surface area contributed by atoms with Crippen LogP contribution in [-0.2, 0) is 4.74 Å². The van der Waals surface area contributed by atoms with Gasteiger partial charge in [0.15, 0.2) is 12.0 Å². The lowest BCUT2D eigenvalue weighted by atomic mass is 10.2. The number of aldehydes is 1. The minimum absolute atomic E-state index is 0.130. The van der Waals surface area contributed by atoms with Gasteiger partial charge in [-0.05, 0) is 12.1 Å². The van der Waals surface area contributed by atoms with E-state index in [2.05, 4.69) is 9.72 Å². The summed E-state index contributed by atoms with van der Waals surface area (Å²) < 4.78 is 4.53. The molecule has 0 aliphatic rings. The number of hydrogen-bond acceptors (Lipinski definition) is 5. The number of pyridine rings is 1. The van der Waals surface area contributed by atoms with Crippen LogP contribution in [-0.4, -0.2) is 38.4 Å². The highest BCUT2D eigenvalue weighted by atomic mass is 16.5. The minimum atomic E-state index is -0.554. The Morgan fingerprint density at radius 1 is 1.47 bits per heavy atom. The van der Waals surface area contributed by atoms with Gasteiger partial charge in [0, 0.05) is 19.8 Å². The second-order valence-corrected chi connectivity index (χ2v) is 3.14. The van der Waals surface area contributed by atoms with Gasteiger partial charge in [-0.1, -0.05) is 0 Å². The zero-order chi connectivity index (χ0) is 11.4. The molecule has 0 spiro atoms. The lowest BCUT2D eigenvalue weighted by Gasteiger charge is -2.13. The maximum absolute atomic E-state index is 11.2. The van der Waals surface area contributed by atoms with E-state index in [4.69, 9.17) is 0 Å². The highest BCUT2D eigenvalue weighted by molar-refractivity contribution is 5.89. The molecule has 0 unspecified atom stereocenters. The predicted molar refractivity (Wildman–Crippen MR) is 55.3 cm³/mol. The van der Waals surface area contributed by atoms with Gasteiger partial charge in [-0.3, -0.25) is 4.79 Å². The maximum atomic E-state index is 11.2. The molecule has 0 aliphatic carbocycles. The van der Waals surface area contributed by atoms with Gasteiger partial charge in [0.1, 0.15) is 5.69 Å². The molecule has 0 saturated carbocycles. The summed E-state index contributed by atoms with van der Waals surface area (Å²) in [4.78, 5) is 27.5. The van der Waals surface area contributed by atoms with Crippen molar-refractivity contribution in [3.05, 3.63) is 23.5 Å². The highest BCUT2D eigenvalue weighted by Gasteiger charge is 2.11. The molecule has 0 aromatic carbocycles. The van der Waals surface area contributed by atoms with Crippen LogP contribution >= 0.6 is 0 Å². The van der Waals surface area contributed by atoms with E-state index in [1.807, 2.05) is 14.1 Å². The van der Waals surface area contributed by atoms with E-state index in [0.29, 0.717) is 6.29 Å². The first-order valence-corrected chi connectivity index (χ1v) is 4.31. The van der Waals surface area contributed by atoms with Gasteiger partial charge in [0.05, 0.1) is 7.11 Å². The number of anilines is 1. The number of hydrogen-bond donors (Lipinski definition) is 0. The Balaban J connectivity index is 3.22. The molecule has 0 bridgehead atoms. The fourth-order valence-corrected chi connectivity index (χ4v) is 1.06. The average Bonchev–Trinajstić information content (AvgIpc) is 2.27. The van der Waals surface area contributed by atoms with Crippen LogP contribution in [0.15, 0.2) is 12.1 Å². The number of carbonyl (C=O) groups excluding carboxylic acids is 2. The molecule has 5 heteroatoms. The van der Waals surface area contributed by atoms with Crippen LogP contribution in [0.5, 0.6) is 0 Å². The lowest BCUT2D eigenvalue weighted by molar-refractivity contribution is 0.0594. The first-order valence-electron chi connectivity index (χ1n) is 4.31. The molecule has 1 aromatic rings. The van der Waals surface area contributed by atoms with Crippen molar-refractivity contribution in [2.45, 2.75) is 0 Å². The number of rotatable bonds is 3. The van der Waals surface area contributed by atoms with E-state index in [1.165, 1.54) is 7.11 Å². The van der Waals surface area contributed by atoms with Crippen LogP contribution in [0.2, 0.25) is 0 Å². The van der Waals surface area contributed by atoms with E-state index in [1.54, 1.807) is 17.0 Å². The van der Waals surface area contributed by atoms with Crippen molar-refractivity contribution in [1.82, 2.24) is 4.98 Å². The van der Waals surface area contributed by atoms with Crippen LogP contribution in [0, 0.1) is 0 Å². The second-order valence-electron chi connectivity index (χ2n) is 3.14. The Hall–Kier alpha value is -1.91. The number of methoxy groups -OCH3 is 1. The molecular formula is C10H12N2O3. The molecule has 1 heterocycles. The van der Waals surface area contributed by atoms with Crippen LogP contribution in [0.3, 0.4) is 0 Å². The Morgan fingerprint density at radius 3 is 2.60 bits per heavy atom. The fourth-order valence-electron chi connectivity index (χ4n) is 1.06. The number of aromatic nitrogens is 1. The predicted octanol–water partition coefficient (Wildman–Crippen LogP) is 0.747. The third-order valence-corrected chi connectivity index (χ3v) is 1.86. The molecule has 1 aromatic heterocycles. The molecule has 0 atom stereocenters. The summed E-state index contributed by atoms with van der Waals surface area (Å²) in [5.74, 6) is -0.554. The van der Waals surface area contributed by atoms with Crippen molar-refractivity contribution in [1.29, 1.82) is 0 Å². The summed E-state index contributed by atoms with van der Waals surface area (Å²) >= 11 is 0. The second kappa shape index (κ2) is 4.54. The third-order valence-electron chi connectivity index (χ3n) is 1.86. The molecule has 80 valence electrons. The van der Waals surface area contributed by atoms with Gasteiger partial charge in [0.2, 0.25) is 0 Å². The normalized spacial score (nSPS) is 9.53. The quantitative estimate of drug-likeness (QED) is 0.541. The molecule has 15 heavy (non-hydrogen) atoms. The fraction of sp³-hybridized carbons (Fsp3) is 0.300. The largest absolute Gasteiger partial charge is 0.464 e. The Bertz CT molecular complexity index is 388. The highest BCUT2D eigenvalue weighted by Crippen LogP contribution is 2.14. The smallest absolute Gasteiger partial charge is 0.356 e. The molecule has 5 nitrogen and oxygen atoms in total. The number of nitrogens with zero attached hydrogens (tertiary/aromatic N) is 2.